The first-order valence-electron chi connectivity index (χ1n) is 6.98. The maximum atomic E-state index is 12.1. The minimum absolute atomic E-state index is 0.0964. The Morgan fingerprint density at radius 1 is 1.45 bits per heavy atom. The minimum Gasteiger partial charge on any atom is -0.477 e. The topological polar surface area (TPSA) is 79.3 Å². The molecule has 0 bridgehead atoms. The van der Waals surface area contributed by atoms with Gasteiger partial charge in [0.05, 0.1) is 11.7 Å². The molecule has 3 rings (SSSR count). The number of thiazole rings is 1. The van der Waals surface area contributed by atoms with Gasteiger partial charge in [-0.3, -0.25) is 4.79 Å². The molecule has 2 aliphatic carbocycles. The van der Waals surface area contributed by atoms with Crippen molar-refractivity contribution in [1.82, 2.24) is 10.3 Å². The number of carboxylic acid groups (broad SMARTS) is 1. The molecule has 0 aliphatic heterocycles. The standard InChI is InChI=1S/C14H18N2O3S/c1-6-11(14(18)19)20-13(16-6)7(2)15-12(17)10-5-9(10)8-3-4-8/h7-10H,3-5H2,1-2H3,(H,15,17)(H,18,19). The third kappa shape index (κ3) is 2.57. The molecule has 0 saturated heterocycles. The number of aromatic nitrogens is 1. The Kier molecular flexibility index (Phi) is 3.28. The molecule has 2 fully saturated rings. The molecule has 2 aliphatic rings. The van der Waals surface area contributed by atoms with Crippen molar-refractivity contribution in [3.63, 3.8) is 0 Å². The molecule has 2 saturated carbocycles. The Balaban J connectivity index is 1.61. The molecule has 5 nitrogen and oxygen atoms in total. The monoisotopic (exact) mass is 294 g/mol. The molecule has 108 valence electrons. The van der Waals surface area contributed by atoms with Crippen LogP contribution in [0.25, 0.3) is 0 Å². The average Bonchev–Trinajstić information content (AvgIpc) is 3.23. The van der Waals surface area contributed by atoms with E-state index in [2.05, 4.69) is 10.3 Å². The van der Waals surface area contributed by atoms with E-state index in [1.54, 1.807) is 6.92 Å². The van der Waals surface area contributed by atoms with E-state index in [0.717, 1.165) is 23.7 Å². The van der Waals surface area contributed by atoms with Crippen molar-refractivity contribution < 1.29 is 14.7 Å². The van der Waals surface area contributed by atoms with Gasteiger partial charge < -0.3 is 10.4 Å². The molecular formula is C14H18N2O3S. The lowest BCUT2D eigenvalue weighted by molar-refractivity contribution is -0.123. The molecule has 1 aromatic rings. The number of aryl methyl sites for hydroxylation is 1. The highest BCUT2D eigenvalue weighted by Crippen LogP contribution is 2.54. The van der Waals surface area contributed by atoms with Gasteiger partial charge in [-0.2, -0.15) is 0 Å². The Hall–Kier alpha value is -1.43. The van der Waals surface area contributed by atoms with Crippen LogP contribution in [0.2, 0.25) is 0 Å². The summed E-state index contributed by atoms with van der Waals surface area (Å²) in [5.74, 6) is 0.682. The summed E-state index contributed by atoms with van der Waals surface area (Å²) in [6.07, 6.45) is 3.57. The van der Waals surface area contributed by atoms with Crippen molar-refractivity contribution in [2.24, 2.45) is 17.8 Å². The third-order valence-electron chi connectivity index (χ3n) is 4.14. The van der Waals surface area contributed by atoms with Gasteiger partial charge >= 0.3 is 5.97 Å². The van der Waals surface area contributed by atoms with Gasteiger partial charge in [-0.25, -0.2) is 9.78 Å². The second kappa shape index (κ2) is 4.84. The van der Waals surface area contributed by atoms with Crippen LogP contribution < -0.4 is 5.32 Å². The van der Waals surface area contributed by atoms with Gasteiger partial charge in [0, 0.05) is 5.92 Å². The van der Waals surface area contributed by atoms with Crippen molar-refractivity contribution in [2.75, 3.05) is 0 Å². The fraction of sp³-hybridized carbons (Fsp3) is 0.643. The lowest BCUT2D eigenvalue weighted by Gasteiger charge is -2.11. The fourth-order valence-electron chi connectivity index (χ4n) is 2.74. The molecule has 20 heavy (non-hydrogen) atoms. The zero-order valence-corrected chi connectivity index (χ0v) is 12.4. The number of hydrogen-bond acceptors (Lipinski definition) is 4. The normalized spacial score (nSPS) is 26.1. The van der Waals surface area contributed by atoms with Gasteiger partial charge in [0.1, 0.15) is 9.88 Å². The quantitative estimate of drug-likeness (QED) is 0.873. The molecule has 3 atom stereocenters. The number of nitrogens with zero attached hydrogens (tertiary/aromatic N) is 1. The lowest BCUT2D eigenvalue weighted by atomic mass is 10.2. The molecule has 1 aromatic heterocycles. The van der Waals surface area contributed by atoms with E-state index in [4.69, 9.17) is 5.11 Å². The van der Waals surface area contributed by atoms with Crippen LogP contribution in [-0.2, 0) is 4.79 Å². The van der Waals surface area contributed by atoms with E-state index in [1.165, 1.54) is 12.8 Å². The van der Waals surface area contributed by atoms with E-state index in [-0.39, 0.29) is 22.7 Å². The second-order valence-corrected chi connectivity index (χ2v) is 6.88. The first-order chi connectivity index (χ1) is 9.47. The summed E-state index contributed by atoms with van der Waals surface area (Å²) in [5, 5.41) is 12.7. The van der Waals surface area contributed by atoms with Crippen molar-refractivity contribution in [2.45, 2.75) is 39.2 Å². The van der Waals surface area contributed by atoms with Crippen LogP contribution in [0.15, 0.2) is 0 Å². The third-order valence-corrected chi connectivity index (χ3v) is 5.47. The minimum atomic E-state index is -0.958. The number of amides is 1. The molecular weight excluding hydrogens is 276 g/mol. The van der Waals surface area contributed by atoms with Gasteiger partial charge in [0.15, 0.2) is 0 Å². The Labute approximate surface area is 121 Å². The summed E-state index contributed by atoms with van der Waals surface area (Å²) in [5.41, 5.74) is 0.515. The first-order valence-corrected chi connectivity index (χ1v) is 7.80. The zero-order valence-electron chi connectivity index (χ0n) is 11.5. The molecule has 2 N–H and O–H groups in total. The number of carbonyl (C=O) groups excluding carboxylic acids is 1. The Morgan fingerprint density at radius 2 is 2.15 bits per heavy atom. The molecule has 0 aromatic carbocycles. The van der Waals surface area contributed by atoms with Gasteiger partial charge in [0.25, 0.3) is 0 Å². The maximum absolute atomic E-state index is 12.1. The predicted octanol–water partition coefficient (Wildman–Crippen LogP) is 2.37. The maximum Gasteiger partial charge on any atom is 0.347 e. The number of aromatic carboxylic acids is 1. The lowest BCUT2D eigenvalue weighted by Crippen LogP contribution is -2.28. The van der Waals surface area contributed by atoms with E-state index >= 15 is 0 Å². The molecule has 1 amide bonds. The zero-order chi connectivity index (χ0) is 14.4. The van der Waals surface area contributed by atoms with Crippen LogP contribution in [0.5, 0.6) is 0 Å². The van der Waals surface area contributed by atoms with Crippen molar-refractivity contribution in [3.8, 4) is 0 Å². The van der Waals surface area contributed by atoms with E-state index in [9.17, 15) is 9.59 Å². The van der Waals surface area contributed by atoms with Crippen molar-refractivity contribution >= 4 is 23.2 Å². The highest BCUT2D eigenvalue weighted by molar-refractivity contribution is 7.13. The van der Waals surface area contributed by atoms with Crippen LogP contribution in [0.3, 0.4) is 0 Å². The van der Waals surface area contributed by atoms with E-state index in [0.29, 0.717) is 16.6 Å². The van der Waals surface area contributed by atoms with Crippen LogP contribution in [0.4, 0.5) is 0 Å². The van der Waals surface area contributed by atoms with Crippen LogP contribution in [0.1, 0.15) is 52.6 Å². The van der Waals surface area contributed by atoms with Gasteiger partial charge in [-0.05, 0) is 44.9 Å². The molecule has 1 heterocycles. The first kappa shape index (κ1) is 13.5. The van der Waals surface area contributed by atoms with Crippen molar-refractivity contribution in [3.05, 3.63) is 15.6 Å². The number of rotatable bonds is 5. The second-order valence-electron chi connectivity index (χ2n) is 5.85. The summed E-state index contributed by atoms with van der Waals surface area (Å²) < 4.78 is 0. The van der Waals surface area contributed by atoms with Crippen molar-refractivity contribution in [1.29, 1.82) is 0 Å². The largest absolute Gasteiger partial charge is 0.477 e. The fourth-order valence-corrected chi connectivity index (χ4v) is 3.65. The number of hydrogen-bond donors (Lipinski definition) is 2. The summed E-state index contributed by atoms with van der Waals surface area (Å²) in [6.45, 7) is 3.54. The molecule has 3 unspecified atom stereocenters. The number of carbonyl (C=O) groups is 2. The van der Waals surface area contributed by atoms with Gasteiger partial charge in [-0.15, -0.1) is 11.3 Å². The smallest absolute Gasteiger partial charge is 0.347 e. The van der Waals surface area contributed by atoms with E-state index < -0.39 is 5.97 Å². The SMILES string of the molecule is Cc1nc(C(C)NC(=O)C2CC2C2CC2)sc1C(=O)O. The number of nitrogens with one attached hydrogen (secondary N) is 1. The molecule has 0 radical (unpaired) electrons. The van der Waals surface area contributed by atoms with Gasteiger partial charge in [-0.1, -0.05) is 0 Å². The van der Waals surface area contributed by atoms with Crippen LogP contribution in [0, 0.1) is 24.7 Å². The predicted molar refractivity (Wildman–Crippen MR) is 74.7 cm³/mol. The highest BCUT2D eigenvalue weighted by Gasteiger charge is 2.51. The van der Waals surface area contributed by atoms with E-state index in [1.807, 2.05) is 6.92 Å². The Bertz CT molecular complexity index is 565. The highest BCUT2D eigenvalue weighted by atomic mass is 32.1. The molecule has 6 heteroatoms. The summed E-state index contributed by atoms with van der Waals surface area (Å²) >= 11 is 1.14. The molecule has 0 spiro atoms. The summed E-state index contributed by atoms with van der Waals surface area (Å²) in [4.78, 5) is 27.6. The summed E-state index contributed by atoms with van der Waals surface area (Å²) in [6, 6.07) is -0.222. The summed E-state index contributed by atoms with van der Waals surface area (Å²) in [7, 11) is 0. The van der Waals surface area contributed by atoms with Gasteiger partial charge in [0.2, 0.25) is 5.91 Å². The number of carboxylic acids is 1. The van der Waals surface area contributed by atoms with Crippen LogP contribution in [-0.4, -0.2) is 22.0 Å². The Morgan fingerprint density at radius 3 is 2.70 bits per heavy atom. The average molecular weight is 294 g/mol. The van der Waals surface area contributed by atoms with Crippen LogP contribution >= 0.6 is 11.3 Å².